The van der Waals surface area contributed by atoms with Crippen molar-refractivity contribution in [3.8, 4) is 0 Å². The van der Waals surface area contributed by atoms with E-state index in [0.29, 0.717) is 15.5 Å². The van der Waals surface area contributed by atoms with E-state index in [1.165, 1.54) is 31.2 Å². The van der Waals surface area contributed by atoms with E-state index in [2.05, 4.69) is 5.32 Å². The number of hydrogen-bond donors (Lipinski definition) is 1. The molecule has 0 radical (unpaired) electrons. The molecule has 1 heterocycles. The number of nitrogens with zero attached hydrogens (tertiary/aromatic N) is 1. The summed E-state index contributed by atoms with van der Waals surface area (Å²) in [5.41, 5.74) is -2.55. The first-order valence-electron chi connectivity index (χ1n) is 7.48. The fraction of sp³-hybridized carbons (Fsp3) is 0.176. The molecule has 1 aliphatic heterocycles. The van der Waals surface area contributed by atoms with Crippen molar-refractivity contribution in [1.82, 2.24) is 10.2 Å². The van der Waals surface area contributed by atoms with Crippen molar-refractivity contribution in [2.75, 3.05) is 0 Å². The van der Waals surface area contributed by atoms with E-state index in [9.17, 15) is 31.5 Å². The SMILES string of the molecule is C[C@]1(c2ccc(Cl)cc2)NC(=O)N(Cc2c(F)c(F)c(F)c(F)c2F)C1=O. The molecule has 0 saturated carbocycles. The largest absolute Gasteiger partial charge is 0.325 e. The summed E-state index contributed by atoms with van der Waals surface area (Å²) in [6.45, 7) is 0.217. The molecule has 142 valence electrons. The first-order valence-corrected chi connectivity index (χ1v) is 7.86. The van der Waals surface area contributed by atoms with Gasteiger partial charge in [-0.1, -0.05) is 23.7 Å². The highest BCUT2D eigenvalue weighted by Gasteiger charge is 2.49. The number of carbonyl (C=O) groups excluding carboxylic acids is 2. The molecule has 1 aliphatic rings. The number of nitrogens with one attached hydrogen (secondary N) is 1. The van der Waals surface area contributed by atoms with Crippen LogP contribution in [0.5, 0.6) is 0 Å². The fourth-order valence-corrected chi connectivity index (χ4v) is 2.89. The minimum Gasteiger partial charge on any atom is -0.319 e. The first kappa shape index (κ1) is 19.1. The second kappa shape index (κ2) is 6.49. The molecule has 1 fully saturated rings. The third-order valence-electron chi connectivity index (χ3n) is 4.31. The Labute approximate surface area is 154 Å². The van der Waals surface area contributed by atoms with Crippen molar-refractivity contribution in [1.29, 1.82) is 0 Å². The van der Waals surface area contributed by atoms with Crippen LogP contribution in [0.2, 0.25) is 5.02 Å². The highest BCUT2D eigenvalue weighted by molar-refractivity contribution is 6.30. The van der Waals surface area contributed by atoms with E-state index in [-0.39, 0.29) is 0 Å². The number of benzene rings is 2. The number of imide groups is 1. The van der Waals surface area contributed by atoms with Gasteiger partial charge in [0.05, 0.1) is 6.54 Å². The van der Waals surface area contributed by atoms with Crippen molar-refractivity contribution in [2.24, 2.45) is 0 Å². The van der Waals surface area contributed by atoms with Gasteiger partial charge in [-0.25, -0.2) is 26.7 Å². The molecule has 2 aromatic carbocycles. The topological polar surface area (TPSA) is 49.4 Å². The van der Waals surface area contributed by atoms with E-state index < -0.39 is 58.7 Å². The van der Waals surface area contributed by atoms with Gasteiger partial charge >= 0.3 is 6.03 Å². The predicted octanol–water partition coefficient (Wildman–Crippen LogP) is 4.00. The minimum absolute atomic E-state index is 0.324. The lowest BCUT2D eigenvalue weighted by molar-refractivity contribution is -0.131. The predicted molar refractivity (Wildman–Crippen MR) is 84.1 cm³/mol. The number of urea groups is 1. The number of carbonyl (C=O) groups is 2. The lowest BCUT2D eigenvalue weighted by Gasteiger charge is -2.22. The first-order chi connectivity index (χ1) is 12.6. The molecule has 0 bridgehead atoms. The van der Waals surface area contributed by atoms with Crippen molar-refractivity contribution in [3.63, 3.8) is 0 Å². The van der Waals surface area contributed by atoms with Gasteiger partial charge in [-0.05, 0) is 24.6 Å². The summed E-state index contributed by atoms with van der Waals surface area (Å²) in [4.78, 5) is 25.2. The third kappa shape index (κ3) is 2.91. The molecule has 27 heavy (non-hydrogen) atoms. The molecule has 1 atom stereocenters. The molecular weight excluding hydrogens is 395 g/mol. The molecule has 4 nitrogen and oxygen atoms in total. The average Bonchev–Trinajstić information content (AvgIpc) is 2.86. The van der Waals surface area contributed by atoms with E-state index in [4.69, 9.17) is 11.6 Å². The summed E-state index contributed by atoms with van der Waals surface area (Å²) in [5.74, 6) is -11.8. The van der Waals surface area contributed by atoms with Gasteiger partial charge in [-0.15, -0.1) is 0 Å². The average molecular weight is 405 g/mol. The van der Waals surface area contributed by atoms with Gasteiger partial charge in [0, 0.05) is 10.6 Å². The van der Waals surface area contributed by atoms with Gasteiger partial charge in [0.15, 0.2) is 23.3 Å². The van der Waals surface area contributed by atoms with Crippen LogP contribution in [0, 0.1) is 29.1 Å². The minimum atomic E-state index is -2.32. The lowest BCUT2D eigenvalue weighted by atomic mass is 9.92. The maximum atomic E-state index is 13.9. The molecule has 3 rings (SSSR count). The van der Waals surface area contributed by atoms with Crippen LogP contribution in [0.1, 0.15) is 18.1 Å². The molecule has 1 N–H and O–H groups in total. The second-order valence-electron chi connectivity index (χ2n) is 6.00. The Morgan fingerprint density at radius 2 is 1.41 bits per heavy atom. The smallest absolute Gasteiger partial charge is 0.319 e. The Bertz CT molecular complexity index is 938. The maximum absolute atomic E-state index is 13.9. The van der Waals surface area contributed by atoms with Crippen LogP contribution in [0.25, 0.3) is 0 Å². The maximum Gasteiger partial charge on any atom is 0.325 e. The second-order valence-corrected chi connectivity index (χ2v) is 6.44. The highest BCUT2D eigenvalue weighted by Crippen LogP contribution is 2.32. The quantitative estimate of drug-likeness (QED) is 0.364. The summed E-state index contributed by atoms with van der Waals surface area (Å²) in [7, 11) is 0. The van der Waals surface area contributed by atoms with Gasteiger partial charge in [0.2, 0.25) is 5.82 Å². The van der Waals surface area contributed by atoms with Crippen LogP contribution in [-0.2, 0) is 16.9 Å². The van der Waals surface area contributed by atoms with Gasteiger partial charge in [0.25, 0.3) is 5.91 Å². The molecule has 0 aromatic heterocycles. The van der Waals surface area contributed by atoms with Crippen LogP contribution in [0.15, 0.2) is 24.3 Å². The summed E-state index contributed by atoms with van der Waals surface area (Å²) in [6, 6.07) is 4.81. The van der Waals surface area contributed by atoms with Crippen LogP contribution >= 0.6 is 11.6 Å². The standard InChI is InChI=1S/C17H10ClF5N2O2/c1-17(7-2-4-8(18)5-3-7)15(26)25(16(27)24-17)6-9-10(19)12(21)14(23)13(22)11(9)20/h2-5H,6H2,1H3,(H,24,27)/t17-/m1/s1. The van der Waals surface area contributed by atoms with Crippen molar-refractivity contribution in [3.05, 3.63) is 69.5 Å². The molecule has 3 amide bonds. The molecular formula is C17H10ClF5N2O2. The van der Waals surface area contributed by atoms with Crippen LogP contribution < -0.4 is 5.32 Å². The van der Waals surface area contributed by atoms with Crippen LogP contribution in [-0.4, -0.2) is 16.8 Å². The number of amides is 3. The Morgan fingerprint density at radius 3 is 1.93 bits per heavy atom. The third-order valence-corrected chi connectivity index (χ3v) is 4.57. The Morgan fingerprint density at radius 1 is 0.926 bits per heavy atom. The summed E-state index contributed by atoms with van der Waals surface area (Å²) in [6.07, 6.45) is 0. The number of halogens is 6. The van der Waals surface area contributed by atoms with Gasteiger partial charge in [-0.3, -0.25) is 9.69 Å². The van der Waals surface area contributed by atoms with Crippen molar-refractivity contribution >= 4 is 23.5 Å². The zero-order valence-corrected chi connectivity index (χ0v) is 14.3. The van der Waals surface area contributed by atoms with E-state index in [1.807, 2.05) is 0 Å². The van der Waals surface area contributed by atoms with Crippen LogP contribution in [0.3, 0.4) is 0 Å². The van der Waals surface area contributed by atoms with E-state index >= 15 is 0 Å². The molecule has 2 aromatic rings. The van der Waals surface area contributed by atoms with Crippen molar-refractivity contribution < 1.29 is 31.5 Å². The summed E-state index contributed by atoms with van der Waals surface area (Å²) in [5, 5.41) is 2.73. The zero-order chi connectivity index (χ0) is 20.1. The molecule has 0 aliphatic carbocycles. The Balaban J connectivity index is 1.99. The lowest BCUT2D eigenvalue weighted by Crippen LogP contribution is -2.40. The van der Waals surface area contributed by atoms with Crippen LogP contribution in [0.4, 0.5) is 26.7 Å². The van der Waals surface area contributed by atoms with Crippen molar-refractivity contribution in [2.45, 2.75) is 19.0 Å². The summed E-state index contributed by atoms with van der Waals surface area (Å²) < 4.78 is 67.6. The highest BCUT2D eigenvalue weighted by atomic mass is 35.5. The Hall–Kier alpha value is -2.68. The number of hydrogen-bond acceptors (Lipinski definition) is 2. The molecule has 0 spiro atoms. The Kier molecular flexibility index (Phi) is 4.59. The normalized spacial score (nSPS) is 19.6. The summed E-state index contributed by atoms with van der Waals surface area (Å²) >= 11 is 5.77. The van der Waals surface area contributed by atoms with E-state index in [0.717, 1.165) is 0 Å². The molecule has 0 unspecified atom stereocenters. The van der Waals surface area contributed by atoms with Gasteiger partial charge < -0.3 is 5.32 Å². The molecule has 10 heteroatoms. The van der Waals surface area contributed by atoms with Gasteiger partial charge in [0.1, 0.15) is 5.54 Å². The number of rotatable bonds is 3. The zero-order valence-electron chi connectivity index (χ0n) is 13.5. The fourth-order valence-electron chi connectivity index (χ4n) is 2.77. The monoisotopic (exact) mass is 404 g/mol. The van der Waals surface area contributed by atoms with Gasteiger partial charge in [-0.2, -0.15) is 0 Å². The molecule has 1 saturated heterocycles. The van der Waals surface area contributed by atoms with E-state index in [1.54, 1.807) is 0 Å².